The molecule has 2 rings (SSSR count). The highest BCUT2D eigenvalue weighted by Crippen LogP contribution is 2.23. The Bertz CT molecular complexity index is 637. The van der Waals surface area contributed by atoms with Crippen molar-refractivity contribution >= 4 is 23.4 Å². The van der Waals surface area contributed by atoms with Gasteiger partial charge in [0.1, 0.15) is 5.82 Å². The van der Waals surface area contributed by atoms with Gasteiger partial charge in [0.2, 0.25) is 0 Å². The average Bonchev–Trinajstić information content (AvgIpc) is 2.82. The number of amides is 2. The highest BCUT2D eigenvalue weighted by atomic mass is 35.5. The van der Waals surface area contributed by atoms with Crippen LogP contribution in [0.15, 0.2) is 30.3 Å². The Morgan fingerprint density at radius 3 is 2.64 bits per heavy atom. The van der Waals surface area contributed by atoms with E-state index in [2.05, 4.69) is 15.7 Å². The van der Waals surface area contributed by atoms with Gasteiger partial charge in [-0.15, -0.1) is 0 Å². The summed E-state index contributed by atoms with van der Waals surface area (Å²) in [4.78, 5) is 11.8. The van der Waals surface area contributed by atoms with Crippen LogP contribution in [-0.4, -0.2) is 33.6 Å². The van der Waals surface area contributed by atoms with Crippen LogP contribution in [0.4, 0.5) is 10.6 Å². The van der Waals surface area contributed by atoms with E-state index >= 15 is 0 Å². The van der Waals surface area contributed by atoms with Crippen molar-refractivity contribution in [1.82, 2.24) is 15.1 Å². The van der Waals surface area contributed by atoms with Gasteiger partial charge >= 0.3 is 6.03 Å². The van der Waals surface area contributed by atoms with Crippen LogP contribution in [0.2, 0.25) is 5.02 Å². The van der Waals surface area contributed by atoms with E-state index in [0.29, 0.717) is 23.1 Å². The second-order valence-corrected chi connectivity index (χ2v) is 5.56. The van der Waals surface area contributed by atoms with Gasteiger partial charge in [-0.3, -0.25) is 5.32 Å². The summed E-state index contributed by atoms with van der Waals surface area (Å²) in [5.41, 5.74) is 1.58. The van der Waals surface area contributed by atoms with Gasteiger partial charge in [0.25, 0.3) is 0 Å². The second-order valence-electron chi connectivity index (χ2n) is 5.12. The number of carbonyl (C=O) groups is 1. The van der Waals surface area contributed by atoms with Gasteiger partial charge in [0.05, 0.1) is 18.8 Å². The van der Waals surface area contributed by atoms with Gasteiger partial charge in [0, 0.05) is 22.7 Å². The molecular weight excluding hydrogens is 304 g/mol. The minimum atomic E-state index is -0.309. The van der Waals surface area contributed by atoms with Crippen LogP contribution < -0.4 is 10.6 Å². The van der Waals surface area contributed by atoms with Crippen molar-refractivity contribution in [3.8, 4) is 11.3 Å². The van der Waals surface area contributed by atoms with Crippen LogP contribution >= 0.6 is 11.6 Å². The molecule has 0 unspecified atom stereocenters. The molecule has 0 saturated carbocycles. The Kier molecular flexibility index (Phi) is 5.41. The summed E-state index contributed by atoms with van der Waals surface area (Å²) in [5, 5.41) is 19.7. The van der Waals surface area contributed by atoms with Crippen LogP contribution in [0.25, 0.3) is 11.3 Å². The van der Waals surface area contributed by atoms with Crippen LogP contribution in [0.1, 0.15) is 13.8 Å². The zero-order valence-corrected chi connectivity index (χ0v) is 13.3. The molecule has 118 valence electrons. The number of rotatable bonds is 5. The molecule has 1 aromatic carbocycles. The zero-order valence-electron chi connectivity index (χ0n) is 12.5. The third kappa shape index (κ3) is 4.22. The largest absolute Gasteiger partial charge is 0.394 e. The van der Waals surface area contributed by atoms with E-state index in [1.54, 1.807) is 22.9 Å². The monoisotopic (exact) mass is 322 g/mol. The lowest BCUT2D eigenvalue weighted by Crippen LogP contribution is -2.34. The summed E-state index contributed by atoms with van der Waals surface area (Å²) in [6.45, 7) is 3.99. The average molecular weight is 323 g/mol. The molecule has 7 heteroatoms. The molecule has 0 bridgehead atoms. The maximum atomic E-state index is 11.8. The first-order valence-corrected chi connectivity index (χ1v) is 7.39. The predicted molar refractivity (Wildman–Crippen MR) is 87.0 cm³/mol. The highest BCUT2D eigenvalue weighted by molar-refractivity contribution is 6.30. The Hall–Kier alpha value is -2.05. The number of aromatic nitrogens is 2. The van der Waals surface area contributed by atoms with Gasteiger partial charge in [-0.25, -0.2) is 9.48 Å². The fourth-order valence-electron chi connectivity index (χ4n) is 1.96. The standard InChI is InChI=1S/C15H19ClN4O2/c1-10(2)17-15(22)18-14-9-13(19-20(14)7-8-21)11-3-5-12(16)6-4-11/h3-6,9-10,21H,7-8H2,1-2H3,(H2,17,18,22). The molecule has 0 saturated heterocycles. The first-order valence-electron chi connectivity index (χ1n) is 7.01. The maximum Gasteiger partial charge on any atom is 0.320 e. The second kappa shape index (κ2) is 7.29. The quantitative estimate of drug-likeness (QED) is 0.792. The Balaban J connectivity index is 2.25. The third-order valence-electron chi connectivity index (χ3n) is 2.89. The topological polar surface area (TPSA) is 79.2 Å². The van der Waals surface area contributed by atoms with Crippen LogP contribution in [-0.2, 0) is 6.54 Å². The molecular formula is C15H19ClN4O2. The number of hydrogen-bond donors (Lipinski definition) is 3. The summed E-state index contributed by atoms with van der Waals surface area (Å²) < 4.78 is 1.56. The summed E-state index contributed by atoms with van der Waals surface area (Å²) in [6.07, 6.45) is 0. The number of benzene rings is 1. The number of hydrogen-bond acceptors (Lipinski definition) is 3. The zero-order chi connectivity index (χ0) is 16.1. The van der Waals surface area contributed by atoms with Crippen LogP contribution in [0.3, 0.4) is 0 Å². The fraction of sp³-hybridized carbons (Fsp3) is 0.333. The van der Waals surface area contributed by atoms with Gasteiger partial charge in [-0.05, 0) is 26.0 Å². The molecule has 22 heavy (non-hydrogen) atoms. The van der Waals surface area contributed by atoms with Crippen molar-refractivity contribution in [1.29, 1.82) is 0 Å². The SMILES string of the molecule is CC(C)NC(=O)Nc1cc(-c2ccc(Cl)cc2)nn1CCO. The normalized spacial score (nSPS) is 10.8. The van der Waals surface area contributed by atoms with Crippen molar-refractivity contribution < 1.29 is 9.90 Å². The first-order chi connectivity index (χ1) is 10.5. The molecule has 0 fully saturated rings. The smallest absolute Gasteiger partial charge is 0.320 e. The number of carbonyl (C=O) groups excluding carboxylic acids is 1. The summed E-state index contributed by atoms with van der Waals surface area (Å²) in [7, 11) is 0. The van der Waals surface area contributed by atoms with E-state index in [1.165, 1.54) is 0 Å². The minimum absolute atomic E-state index is 0.0324. The van der Waals surface area contributed by atoms with Crippen LogP contribution in [0.5, 0.6) is 0 Å². The number of aliphatic hydroxyl groups is 1. The molecule has 2 amide bonds. The third-order valence-corrected chi connectivity index (χ3v) is 3.15. The van der Waals surface area contributed by atoms with Crippen LogP contribution in [0, 0.1) is 0 Å². The number of halogens is 1. The van der Waals surface area contributed by atoms with Gasteiger partial charge < -0.3 is 10.4 Å². The van der Waals surface area contributed by atoms with E-state index in [-0.39, 0.29) is 18.7 Å². The summed E-state index contributed by atoms with van der Waals surface area (Å²) in [5.74, 6) is 0.525. The molecule has 0 spiro atoms. The molecule has 0 atom stereocenters. The molecule has 0 aliphatic rings. The van der Waals surface area contributed by atoms with Crippen molar-refractivity contribution in [3.63, 3.8) is 0 Å². The molecule has 0 aliphatic carbocycles. The van der Waals surface area contributed by atoms with E-state index in [0.717, 1.165) is 5.56 Å². The predicted octanol–water partition coefficient (Wildman–Crippen LogP) is 2.73. The molecule has 6 nitrogen and oxygen atoms in total. The Morgan fingerprint density at radius 2 is 2.05 bits per heavy atom. The van der Waals surface area contributed by atoms with Crippen molar-refractivity contribution in [2.75, 3.05) is 11.9 Å². The van der Waals surface area contributed by atoms with Gasteiger partial charge in [-0.1, -0.05) is 23.7 Å². The number of nitrogens with zero attached hydrogens (tertiary/aromatic N) is 2. The number of nitrogens with one attached hydrogen (secondary N) is 2. The lowest BCUT2D eigenvalue weighted by molar-refractivity contribution is 0.249. The Morgan fingerprint density at radius 1 is 1.36 bits per heavy atom. The van der Waals surface area contributed by atoms with Crippen molar-refractivity contribution in [2.24, 2.45) is 0 Å². The lowest BCUT2D eigenvalue weighted by atomic mass is 10.1. The summed E-state index contributed by atoms with van der Waals surface area (Å²) >= 11 is 5.88. The van der Waals surface area contributed by atoms with E-state index < -0.39 is 0 Å². The number of urea groups is 1. The van der Waals surface area contributed by atoms with Crippen molar-refractivity contribution in [3.05, 3.63) is 35.4 Å². The lowest BCUT2D eigenvalue weighted by Gasteiger charge is -2.10. The molecule has 1 aromatic heterocycles. The first kappa shape index (κ1) is 16.3. The highest BCUT2D eigenvalue weighted by Gasteiger charge is 2.12. The van der Waals surface area contributed by atoms with E-state index in [9.17, 15) is 4.79 Å². The molecule has 0 aliphatic heterocycles. The molecule has 1 heterocycles. The fourth-order valence-corrected chi connectivity index (χ4v) is 2.08. The minimum Gasteiger partial charge on any atom is -0.394 e. The Labute approximate surface area is 134 Å². The molecule has 2 aromatic rings. The number of aliphatic hydroxyl groups excluding tert-OH is 1. The number of anilines is 1. The maximum absolute atomic E-state index is 11.8. The summed E-state index contributed by atoms with van der Waals surface area (Å²) in [6, 6.07) is 8.75. The van der Waals surface area contributed by atoms with E-state index in [4.69, 9.17) is 16.7 Å². The van der Waals surface area contributed by atoms with Crippen molar-refractivity contribution in [2.45, 2.75) is 26.4 Å². The van der Waals surface area contributed by atoms with Gasteiger partial charge in [-0.2, -0.15) is 5.10 Å². The molecule has 3 N–H and O–H groups in total. The van der Waals surface area contributed by atoms with E-state index in [1.807, 2.05) is 26.0 Å². The molecule has 0 radical (unpaired) electrons. The van der Waals surface area contributed by atoms with Gasteiger partial charge in [0.15, 0.2) is 0 Å².